The maximum atomic E-state index is 12.3. The topological polar surface area (TPSA) is 70.4 Å². The van der Waals surface area contributed by atoms with Crippen molar-refractivity contribution in [3.63, 3.8) is 0 Å². The maximum Gasteiger partial charge on any atom is 0.410 e. The lowest BCUT2D eigenvalue weighted by Crippen LogP contribution is -2.50. The summed E-state index contributed by atoms with van der Waals surface area (Å²) >= 11 is 0. The van der Waals surface area contributed by atoms with E-state index in [4.69, 9.17) is 4.74 Å². The van der Waals surface area contributed by atoms with Gasteiger partial charge in [0.1, 0.15) is 11.1 Å². The van der Waals surface area contributed by atoms with Crippen LogP contribution in [0.2, 0.25) is 0 Å². The summed E-state index contributed by atoms with van der Waals surface area (Å²) in [6.45, 7) is 14.6. The van der Waals surface area contributed by atoms with Gasteiger partial charge in [0, 0.05) is 45.1 Å². The molecule has 29 heavy (non-hydrogen) atoms. The van der Waals surface area contributed by atoms with E-state index >= 15 is 0 Å². The second kappa shape index (κ2) is 9.62. The van der Waals surface area contributed by atoms with E-state index < -0.39 is 5.60 Å². The molecule has 8 heteroatoms. The number of amides is 2. The summed E-state index contributed by atoms with van der Waals surface area (Å²) in [6, 6.07) is 3.96. The molecule has 1 aromatic heterocycles. The summed E-state index contributed by atoms with van der Waals surface area (Å²) in [7, 11) is 1.73. The molecule has 2 heterocycles. The van der Waals surface area contributed by atoms with Crippen LogP contribution in [0.1, 0.15) is 34.1 Å². The zero-order valence-corrected chi connectivity index (χ0v) is 18.2. The number of hydrogen-bond acceptors (Lipinski definition) is 5. The summed E-state index contributed by atoms with van der Waals surface area (Å²) in [5, 5.41) is 0. The Kier molecular flexibility index (Phi) is 7.47. The van der Waals surface area contributed by atoms with Gasteiger partial charge in [0.2, 0.25) is 6.41 Å². The fourth-order valence-electron chi connectivity index (χ4n) is 2.91. The number of hydrogen-bond donors (Lipinski definition) is 0. The van der Waals surface area contributed by atoms with Gasteiger partial charge in [-0.3, -0.25) is 4.79 Å². The molecule has 0 bridgehead atoms. The normalized spacial score (nSPS) is 15.3. The van der Waals surface area contributed by atoms with E-state index in [9.17, 15) is 9.59 Å². The molecular formula is C21H33N5O3. The van der Waals surface area contributed by atoms with Crippen molar-refractivity contribution in [1.29, 1.82) is 0 Å². The third-order valence-electron chi connectivity index (χ3n) is 4.52. The van der Waals surface area contributed by atoms with Crippen LogP contribution in [0.5, 0.6) is 0 Å². The summed E-state index contributed by atoms with van der Waals surface area (Å²) in [4.78, 5) is 33.4. The molecular weight excluding hydrogens is 370 g/mol. The van der Waals surface area contributed by atoms with Crippen LogP contribution in [0, 0.1) is 0 Å². The van der Waals surface area contributed by atoms with Gasteiger partial charge in [-0.15, -0.1) is 0 Å². The van der Waals surface area contributed by atoms with Crippen LogP contribution in [-0.2, 0) is 16.2 Å². The Morgan fingerprint density at radius 3 is 2.48 bits per heavy atom. The molecule has 0 radical (unpaired) electrons. The quantitative estimate of drug-likeness (QED) is 0.684. The van der Waals surface area contributed by atoms with Crippen molar-refractivity contribution < 1.29 is 14.3 Å². The first-order valence-corrected chi connectivity index (χ1v) is 9.94. The number of rotatable bonds is 6. The smallest absolute Gasteiger partial charge is 0.410 e. The van der Waals surface area contributed by atoms with Gasteiger partial charge >= 0.3 is 6.09 Å². The van der Waals surface area contributed by atoms with Crippen molar-refractivity contribution >= 4 is 18.2 Å². The second-order valence-corrected chi connectivity index (χ2v) is 8.21. The van der Waals surface area contributed by atoms with E-state index in [1.807, 2.05) is 50.6 Å². The maximum absolute atomic E-state index is 12.3. The first-order valence-electron chi connectivity index (χ1n) is 9.94. The molecule has 160 valence electrons. The van der Waals surface area contributed by atoms with Crippen molar-refractivity contribution in [3.8, 4) is 0 Å². The molecule has 1 fully saturated rings. The van der Waals surface area contributed by atoms with Gasteiger partial charge in [-0.2, -0.15) is 0 Å². The van der Waals surface area contributed by atoms with Gasteiger partial charge < -0.3 is 24.0 Å². The Bertz CT molecular complexity index is 801. The summed E-state index contributed by atoms with van der Waals surface area (Å²) in [6.07, 6.45) is 3.27. The zero-order chi connectivity index (χ0) is 21.6. The SMILES string of the molecule is C=C(CC)/N=c1/ccc(N2CCN(C(=O)OC(C)(C)C)CC2)cn1CN(C)C=O. The van der Waals surface area contributed by atoms with Crippen molar-refractivity contribution in [2.24, 2.45) is 4.99 Å². The summed E-state index contributed by atoms with van der Waals surface area (Å²) in [5.41, 5.74) is 2.06. The van der Waals surface area contributed by atoms with Crippen LogP contribution >= 0.6 is 0 Å². The van der Waals surface area contributed by atoms with E-state index in [0.717, 1.165) is 29.7 Å². The zero-order valence-electron chi connectivity index (χ0n) is 18.2. The minimum Gasteiger partial charge on any atom is -0.444 e. The number of aromatic nitrogens is 1. The van der Waals surface area contributed by atoms with E-state index in [1.165, 1.54) is 0 Å². The molecule has 0 aromatic carbocycles. The highest BCUT2D eigenvalue weighted by atomic mass is 16.6. The molecule has 0 aliphatic carbocycles. The molecule has 1 aliphatic rings. The molecule has 0 atom stereocenters. The second-order valence-electron chi connectivity index (χ2n) is 8.21. The van der Waals surface area contributed by atoms with E-state index in [1.54, 1.807) is 16.8 Å². The van der Waals surface area contributed by atoms with E-state index in [2.05, 4.69) is 16.5 Å². The van der Waals surface area contributed by atoms with Gasteiger partial charge in [-0.1, -0.05) is 13.5 Å². The summed E-state index contributed by atoms with van der Waals surface area (Å²) < 4.78 is 7.40. The van der Waals surface area contributed by atoms with Gasteiger partial charge in [0.05, 0.1) is 12.4 Å². The van der Waals surface area contributed by atoms with Crippen molar-refractivity contribution in [3.05, 3.63) is 36.1 Å². The highest BCUT2D eigenvalue weighted by molar-refractivity contribution is 5.68. The van der Waals surface area contributed by atoms with Crippen molar-refractivity contribution in [1.82, 2.24) is 14.4 Å². The highest BCUT2D eigenvalue weighted by Crippen LogP contribution is 2.17. The standard InChI is InChI=1S/C21H33N5O3/c1-7-17(2)22-19-9-8-18(14-26(19)15-23(6)16-27)24-10-12-25(13-11-24)20(28)29-21(3,4)5/h8-9,14,16H,2,7,10-13,15H2,1,3-6H3/b22-19-. The van der Waals surface area contributed by atoms with E-state index in [0.29, 0.717) is 32.8 Å². The fourth-order valence-corrected chi connectivity index (χ4v) is 2.91. The molecule has 0 N–H and O–H groups in total. The Balaban J connectivity index is 2.16. The number of ether oxygens (including phenoxy) is 1. The van der Waals surface area contributed by atoms with Crippen LogP contribution in [0.4, 0.5) is 10.5 Å². The lowest BCUT2D eigenvalue weighted by Gasteiger charge is -2.37. The lowest BCUT2D eigenvalue weighted by molar-refractivity contribution is -0.118. The van der Waals surface area contributed by atoms with Gasteiger partial charge in [-0.25, -0.2) is 9.79 Å². The monoisotopic (exact) mass is 403 g/mol. The van der Waals surface area contributed by atoms with Gasteiger partial charge in [0.25, 0.3) is 0 Å². The van der Waals surface area contributed by atoms with Crippen LogP contribution in [0.25, 0.3) is 0 Å². The molecule has 8 nitrogen and oxygen atoms in total. The molecule has 2 rings (SSSR count). The number of nitrogens with zero attached hydrogens (tertiary/aromatic N) is 5. The number of carbonyl (C=O) groups excluding carboxylic acids is 2. The van der Waals surface area contributed by atoms with Crippen LogP contribution in [-0.4, -0.2) is 65.7 Å². The van der Waals surface area contributed by atoms with Crippen LogP contribution in [0.15, 0.2) is 35.6 Å². The van der Waals surface area contributed by atoms with Gasteiger partial charge in [0.15, 0.2) is 0 Å². The number of pyridine rings is 1. The van der Waals surface area contributed by atoms with E-state index in [-0.39, 0.29) is 6.09 Å². The Labute approximate surface area is 173 Å². The predicted octanol–water partition coefficient (Wildman–Crippen LogP) is 2.42. The number of allylic oxidation sites excluding steroid dienone is 1. The Morgan fingerprint density at radius 2 is 1.93 bits per heavy atom. The Morgan fingerprint density at radius 1 is 1.28 bits per heavy atom. The lowest BCUT2D eigenvalue weighted by atomic mass is 10.2. The van der Waals surface area contributed by atoms with Gasteiger partial charge in [-0.05, 0) is 39.3 Å². The largest absolute Gasteiger partial charge is 0.444 e. The first-order chi connectivity index (χ1) is 13.6. The number of carbonyl (C=O) groups is 2. The minimum atomic E-state index is -0.494. The first kappa shape index (κ1) is 22.5. The molecule has 1 aliphatic heterocycles. The third kappa shape index (κ3) is 6.66. The average Bonchev–Trinajstić information content (AvgIpc) is 2.67. The molecule has 0 saturated carbocycles. The molecule has 1 aromatic rings. The molecule has 1 saturated heterocycles. The number of anilines is 1. The van der Waals surface area contributed by atoms with Crippen LogP contribution in [0.3, 0.4) is 0 Å². The average molecular weight is 404 g/mol. The fraction of sp³-hybridized carbons (Fsp3) is 0.571. The third-order valence-corrected chi connectivity index (χ3v) is 4.52. The van der Waals surface area contributed by atoms with Crippen molar-refractivity contribution in [2.75, 3.05) is 38.1 Å². The molecule has 2 amide bonds. The molecule has 0 unspecified atom stereocenters. The minimum absolute atomic E-state index is 0.271. The predicted molar refractivity (Wildman–Crippen MR) is 113 cm³/mol. The summed E-state index contributed by atoms with van der Waals surface area (Å²) in [5.74, 6) is 0. The molecule has 0 spiro atoms. The van der Waals surface area contributed by atoms with Crippen LogP contribution < -0.4 is 10.4 Å². The Hall–Kier alpha value is -2.77. The highest BCUT2D eigenvalue weighted by Gasteiger charge is 2.26. The van der Waals surface area contributed by atoms with Crippen molar-refractivity contribution in [2.45, 2.75) is 46.4 Å². The number of piperazine rings is 1.